The summed E-state index contributed by atoms with van der Waals surface area (Å²) >= 11 is 0. The van der Waals surface area contributed by atoms with Crippen molar-refractivity contribution in [3.05, 3.63) is 29.8 Å². The molecule has 1 aliphatic rings. The molecular weight excluding hydrogens is 228 g/mol. The molecule has 0 amide bonds. The second kappa shape index (κ2) is 5.40. The Morgan fingerprint density at radius 1 is 1.50 bits per heavy atom. The number of nitrogens with zero attached hydrogens (tertiary/aromatic N) is 1. The van der Waals surface area contributed by atoms with Crippen molar-refractivity contribution in [3.8, 4) is 0 Å². The van der Waals surface area contributed by atoms with E-state index in [0.717, 1.165) is 25.3 Å². The summed E-state index contributed by atoms with van der Waals surface area (Å²) < 4.78 is 0. The Bertz CT molecular complexity index is 432. The largest absolute Gasteiger partial charge is 0.478 e. The van der Waals surface area contributed by atoms with Crippen molar-refractivity contribution >= 4 is 11.7 Å². The molecule has 1 heterocycles. The highest BCUT2D eigenvalue weighted by atomic mass is 16.4. The van der Waals surface area contributed by atoms with Gasteiger partial charge in [-0.15, -0.1) is 0 Å². The van der Waals surface area contributed by atoms with Crippen molar-refractivity contribution < 1.29 is 9.90 Å². The van der Waals surface area contributed by atoms with Crippen LogP contribution in [0.15, 0.2) is 24.3 Å². The first-order valence-corrected chi connectivity index (χ1v) is 6.40. The normalized spacial score (nSPS) is 20.2. The number of benzene rings is 1. The van der Waals surface area contributed by atoms with Crippen molar-refractivity contribution in [2.75, 3.05) is 24.5 Å². The van der Waals surface area contributed by atoms with Gasteiger partial charge in [-0.2, -0.15) is 0 Å². The third kappa shape index (κ3) is 2.64. The predicted octanol–water partition coefficient (Wildman–Crippen LogP) is 1.82. The van der Waals surface area contributed by atoms with Crippen molar-refractivity contribution in [2.45, 2.75) is 19.9 Å². The van der Waals surface area contributed by atoms with Gasteiger partial charge in [-0.25, -0.2) is 4.79 Å². The molecule has 2 rings (SSSR count). The maximum absolute atomic E-state index is 11.0. The molecule has 0 radical (unpaired) electrons. The molecule has 1 aliphatic heterocycles. The van der Waals surface area contributed by atoms with E-state index in [2.05, 4.69) is 24.1 Å². The number of carboxylic acids is 1. The lowest BCUT2D eigenvalue weighted by Crippen LogP contribution is -2.53. The molecule has 4 nitrogen and oxygen atoms in total. The molecule has 1 saturated heterocycles. The standard InChI is InChI=1S/C14H20N2O2/c1-10(2)13-9-15-6-7-16(13)12-5-3-4-11(8-12)14(17)18/h3-5,8,10,13,15H,6-7,9H2,1-2H3,(H,17,18)/t13-/m0/s1. The average Bonchev–Trinajstić information content (AvgIpc) is 2.39. The summed E-state index contributed by atoms with van der Waals surface area (Å²) in [7, 11) is 0. The van der Waals surface area contributed by atoms with Gasteiger partial charge in [0, 0.05) is 31.4 Å². The van der Waals surface area contributed by atoms with Gasteiger partial charge in [0.05, 0.1) is 5.56 Å². The maximum atomic E-state index is 11.0. The van der Waals surface area contributed by atoms with E-state index in [1.54, 1.807) is 12.1 Å². The quantitative estimate of drug-likeness (QED) is 0.856. The molecule has 98 valence electrons. The number of piperazine rings is 1. The summed E-state index contributed by atoms with van der Waals surface area (Å²) in [5.41, 5.74) is 1.36. The molecule has 18 heavy (non-hydrogen) atoms. The molecular formula is C14H20N2O2. The van der Waals surface area contributed by atoms with E-state index in [-0.39, 0.29) is 0 Å². The van der Waals surface area contributed by atoms with E-state index in [0.29, 0.717) is 17.5 Å². The number of hydrogen-bond acceptors (Lipinski definition) is 3. The zero-order valence-corrected chi connectivity index (χ0v) is 10.9. The first-order chi connectivity index (χ1) is 8.59. The van der Waals surface area contributed by atoms with Gasteiger partial charge >= 0.3 is 5.97 Å². The van der Waals surface area contributed by atoms with Crippen LogP contribution in [0.3, 0.4) is 0 Å². The lowest BCUT2D eigenvalue weighted by atomic mass is 9.99. The topological polar surface area (TPSA) is 52.6 Å². The third-order valence-corrected chi connectivity index (χ3v) is 3.48. The van der Waals surface area contributed by atoms with Gasteiger partial charge in [-0.3, -0.25) is 0 Å². The Kier molecular flexibility index (Phi) is 3.87. The molecule has 1 fully saturated rings. The van der Waals surface area contributed by atoms with Gasteiger partial charge in [-0.1, -0.05) is 19.9 Å². The molecule has 1 aromatic carbocycles. The fourth-order valence-corrected chi connectivity index (χ4v) is 2.46. The number of nitrogens with one attached hydrogen (secondary N) is 1. The molecule has 1 aromatic rings. The van der Waals surface area contributed by atoms with Crippen molar-refractivity contribution in [3.63, 3.8) is 0 Å². The number of anilines is 1. The van der Waals surface area contributed by atoms with Crippen LogP contribution in [-0.2, 0) is 0 Å². The first kappa shape index (κ1) is 12.9. The molecule has 0 bridgehead atoms. The molecule has 4 heteroatoms. The minimum absolute atomic E-state index is 0.355. The van der Waals surface area contributed by atoms with Crippen molar-refractivity contribution in [1.82, 2.24) is 5.32 Å². The molecule has 1 atom stereocenters. The summed E-state index contributed by atoms with van der Waals surface area (Å²) in [6.45, 7) is 7.22. The predicted molar refractivity (Wildman–Crippen MR) is 72.2 cm³/mol. The molecule has 0 aliphatic carbocycles. The van der Waals surface area contributed by atoms with Crippen LogP contribution < -0.4 is 10.2 Å². The van der Waals surface area contributed by atoms with Gasteiger partial charge < -0.3 is 15.3 Å². The van der Waals surface area contributed by atoms with Gasteiger partial charge in [-0.05, 0) is 24.1 Å². The van der Waals surface area contributed by atoms with Gasteiger partial charge in [0.15, 0.2) is 0 Å². The monoisotopic (exact) mass is 248 g/mol. The minimum atomic E-state index is -0.868. The van der Waals surface area contributed by atoms with Crippen LogP contribution in [0, 0.1) is 5.92 Å². The molecule has 0 aromatic heterocycles. The SMILES string of the molecule is CC(C)[C@@H]1CNCCN1c1cccc(C(=O)O)c1. The minimum Gasteiger partial charge on any atom is -0.478 e. The van der Waals surface area contributed by atoms with Crippen LogP contribution >= 0.6 is 0 Å². The molecule has 0 spiro atoms. The maximum Gasteiger partial charge on any atom is 0.335 e. The number of aromatic carboxylic acids is 1. The summed E-state index contributed by atoms with van der Waals surface area (Å²) in [5, 5.41) is 12.4. The Labute approximate surface area is 108 Å². The highest BCUT2D eigenvalue weighted by Gasteiger charge is 2.25. The number of hydrogen-bond donors (Lipinski definition) is 2. The highest BCUT2D eigenvalue weighted by Crippen LogP contribution is 2.23. The van der Waals surface area contributed by atoms with E-state index in [1.165, 1.54) is 0 Å². The second-order valence-electron chi connectivity index (χ2n) is 5.06. The first-order valence-electron chi connectivity index (χ1n) is 6.40. The zero-order chi connectivity index (χ0) is 13.1. The van der Waals surface area contributed by atoms with Crippen LogP contribution in [0.5, 0.6) is 0 Å². The van der Waals surface area contributed by atoms with E-state index in [9.17, 15) is 4.79 Å². The third-order valence-electron chi connectivity index (χ3n) is 3.48. The van der Waals surface area contributed by atoms with Crippen LogP contribution in [-0.4, -0.2) is 36.8 Å². The number of carboxylic acid groups (broad SMARTS) is 1. The van der Waals surface area contributed by atoms with Gasteiger partial charge in [0.2, 0.25) is 0 Å². The van der Waals surface area contributed by atoms with Gasteiger partial charge in [0.25, 0.3) is 0 Å². The Balaban J connectivity index is 2.28. The van der Waals surface area contributed by atoms with Crippen LogP contribution in [0.4, 0.5) is 5.69 Å². The second-order valence-corrected chi connectivity index (χ2v) is 5.06. The Hall–Kier alpha value is -1.55. The summed E-state index contributed by atoms with van der Waals surface area (Å²) in [4.78, 5) is 13.3. The van der Waals surface area contributed by atoms with E-state index >= 15 is 0 Å². The van der Waals surface area contributed by atoms with E-state index in [4.69, 9.17) is 5.11 Å². The fraction of sp³-hybridized carbons (Fsp3) is 0.500. The molecule has 0 unspecified atom stereocenters. The molecule has 2 N–H and O–H groups in total. The van der Waals surface area contributed by atoms with Crippen LogP contribution in [0.2, 0.25) is 0 Å². The van der Waals surface area contributed by atoms with E-state index < -0.39 is 5.97 Å². The van der Waals surface area contributed by atoms with Crippen molar-refractivity contribution in [2.24, 2.45) is 5.92 Å². The summed E-state index contributed by atoms with van der Waals surface area (Å²) in [6.07, 6.45) is 0. The summed E-state index contributed by atoms with van der Waals surface area (Å²) in [6, 6.07) is 7.63. The van der Waals surface area contributed by atoms with E-state index in [1.807, 2.05) is 12.1 Å². The smallest absolute Gasteiger partial charge is 0.335 e. The summed E-state index contributed by atoms with van der Waals surface area (Å²) in [5.74, 6) is -0.334. The highest BCUT2D eigenvalue weighted by molar-refractivity contribution is 5.88. The fourth-order valence-electron chi connectivity index (χ4n) is 2.46. The Morgan fingerprint density at radius 3 is 2.94 bits per heavy atom. The van der Waals surface area contributed by atoms with Crippen LogP contribution in [0.1, 0.15) is 24.2 Å². The van der Waals surface area contributed by atoms with Crippen molar-refractivity contribution in [1.29, 1.82) is 0 Å². The molecule has 0 saturated carbocycles. The average molecular weight is 248 g/mol. The Morgan fingerprint density at radius 2 is 2.28 bits per heavy atom. The number of carbonyl (C=O) groups is 1. The zero-order valence-electron chi connectivity index (χ0n) is 10.9. The lowest BCUT2D eigenvalue weighted by molar-refractivity contribution is 0.0697. The lowest BCUT2D eigenvalue weighted by Gasteiger charge is -2.40. The van der Waals surface area contributed by atoms with Gasteiger partial charge in [0.1, 0.15) is 0 Å². The van der Waals surface area contributed by atoms with Crippen LogP contribution in [0.25, 0.3) is 0 Å². The number of rotatable bonds is 3.